The number of carbonyl (C=O) groups is 1. The Bertz CT molecular complexity index is 1120. The van der Waals surface area contributed by atoms with Gasteiger partial charge in [-0.1, -0.05) is 35.0 Å². The molecule has 0 aliphatic heterocycles. The van der Waals surface area contributed by atoms with Gasteiger partial charge in [0.15, 0.2) is 22.1 Å². The number of aromatic amines is 1. The molecule has 130 valence electrons. The Kier molecular flexibility index (Phi) is 4.77. The van der Waals surface area contributed by atoms with Crippen molar-refractivity contribution in [3.63, 3.8) is 0 Å². The maximum atomic E-state index is 12.3. The molecule has 0 unspecified atom stereocenters. The summed E-state index contributed by atoms with van der Waals surface area (Å²) in [6.07, 6.45) is 0. The van der Waals surface area contributed by atoms with E-state index in [0.29, 0.717) is 15.7 Å². The first-order valence-corrected chi connectivity index (χ1v) is 8.80. The lowest BCUT2D eigenvalue weighted by molar-refractivity contribution is 0.102. The number of hydrogen-bond donors (Lipinski definition) is 1. The van der Waals surface area contributed by atoms with Gasteiger partial charge in [0, 0.05) is 24.7 Å². The molecule has 0 saturated heterocycles. The Labute approximate surface area is 155 Å². The predicted octanol–water partition coefficient (Wildman–Crippen LogP) is 2.24. The van der Waals surface area contributed by atoms with Gasteiger partial charge in [-0.2, -0.15) is 0 Å². The van der Waals surface area contributed by atoms with E-state index in [9.17, 15) is 14.4 Å². The van der Waals surface area contributed by atoms with Crippen molar-refractivity contribution in [2.75, 3.05) is 5.75 Å². The van der Waals surface area contributed by atoms with Crippen LogP contribution in [0.1, 0.15) is 10.4 Å². The molecule has 0 saturated carbocycles. The quantitative estimate of drug-likeness (QED) is 0.537. The normalized spacial score (nSPS) is 11.2. The van der Waals surface area contributed by atoms with E-state index in [2.05, 4.69) is 9.97 Å². The van der Waals surface area contributed by atoms with Crippen LogP contribution in [0.25, 0.3) is 11.2 Å². The van der Waals surface area contributed by atoms with Crippen LogP contribution in [0.4, 0.5) is 0 Å². The largest absolute Gasteiger partial charge is 0.332 e. The molecule has 0 radical (unpaired) electrons. The number of imidazole rings is 1. The summed E-state index contributed by atoms with van der Waals surface area (Å²) in [5.74, 6) is -0.135. The molecule has 0 atom stereocenters. The van der Waals surface area contributed by atoms with Crippen molar-refractivity contribution in [3.8, 4) is 0 Å². The van der Waals surface area contributed by atoms with Crippen LogP contribution in [0.3, 0.4) is 0 Å². The first-order valence-electron chi connectivity index (χ1n) is 7.06. The maximum absolute atomic E-state index is 12.3. The highest BCUT2D eigenvalue weighted by Gasteiger charge is 2.16. The minimum atomic E-state index is -0.468. The second-order valence-corrected chi connectivity index (χ2v) is 7.09. The summed E-state index contributed by atoms with van der Waals surface area (Å²) in [5.41, 5.74) is -0.122. The number of Topliss-reactive ketones (excluding diaryl/α,β-unsaturated/α-hetero) is 1. The number of nitrogens with zero attached hydrogens (tertiary/aromatic N) is 3. The number of fused-ring (bicyclic) bond motifs is 1. The van der Waals surface area contributed by atoms with E-state index >= 15 is 0 Å². The van der Waals surface area contributed by atoms with Crippen LogP contribution in [0, 0.1) is 0 Å². The third kappa shape index (κ3) is 3.24. The Morgan fingerprint density at radius 1 is 1.24 bits per heavy atom. The SMILES string of the molecule is Cn1c(=O)c2[nH]c(SCC(=O)c3ccc(Cl)cc3Cl)nc2n(C)c1=O. The van der Waals surface area contributed by atoms with E-state index in [1.54, 1.807) is 12.1 Å². The van der Waals surface area contributed by atoms with Gasteiger partial charge in [0.1, 0.15) is 0 Å². The van der Waals surface area contributed by atoms with E-state index in [1.165, 1.54) is 24.7 Å². The molecule has 1 N–H and O–H groups in total. The molecule has 3 aromatic rings. The Morgan fingerprint density at radius 2 is 1.96 bits per heavy atom. The number of rotatable bonds is 4. The molecule has 25 heavy (non-hydrogen) atoms. The topological polar surface area (TPSA) is 89.8 Å². The number of aryl methyl sites for hydroxylation is 1. The number of halogens is 2. The number of carbonyl (C=O) groups excluding carboxylic acids is 1. The Balaban J connectivity index is 1.88. The highest BCUT2D eigenvalue weighted by Crippen LogP contribution is 2.24. The predicted molar refractivity (Wildman–Crippen MR) is 98.1 cm³/mol. The molecular formula is C15H12Cl2N4O3S. The molecule has 7 nitrogen and oxygen atoms in total. The van der Waals surface area contributed by atoms with Gasteiger partial charge in [-0.25, -0.2) is 9.78 Å². The van der Waals surface area contributed by atoms with Gasteiger partial charge < -0.3 is 4.98 Å². The third-order valence-electron chi connectivity index (χ3n) is 3.64. The monoisotopic (exact) mass is 398 g/mol. The summed E-state index contributed by atoms with van der Waals surface area (Å²) >= 11 is 13.0. The smallest absolute Gasteiger partial charge is 0.327 e. The van der Waals surface area contributed by atoms with Crippen LogP contribution >= 0.6 is 35.0 Å². The summed E-state index contributed by atoms with van der Waals surface area (Å²) in [6, 6.07) is 4.65. The van der Waals surface area contributed by atoms with E-state index in [4.69, 9.17) is 23.2 Å². The van der Waals surface area contributed by atoms with Gasteiger partial charge >= 0.3 is 5.69 Å². The van der Waals surface area contributed by atoms with Crippen molar-refractivity contribution in [2.24, 2.45) is 14.1 Å². The fourth-order valence-electron chi connectivity index (χ4n) is 2.30. The van der Waals surface area contributed by atoms with Gasteiger partial charge in [0.25, 0.3) is 5.56 Å². The van der Waals surface area contributed by atoms with Gasteiger partial charge in [-0.3, -0.25) is 18.7 Å². The summed E-state index contributed by atoms with van der Waals surface area (Å²) in [7, 11) is 2.92. The third-order valence-corrected chi connectivity index (χ3v) is 5.07. The molecule has 0 bridgehead atoms. The number of thioether (sulfide) groups is 1. The van der Waals surface area contributed by atoms with Crippen LogP contribution in [0.5, 0.6) is 0 Å². The molecule has 0 aliphatic carbocycles. The highest BCUT2D eigenvalue weighted by atomic mass is 35.5. The minimum Gasteiger partial charge on any atom is -0.327 e. The molecule has 2 heterocycles. The highest BCUT2D eigenvalue weighted by molar-refractivity contribution is 7.99. The Hall–Kier alpha value is -2.03. The van der Waals surface area contributed by atoms with E-state index in [1.807, 2.05) is 0 Å². The molecule has 0 spiro atoms. The summed E-state index contributed by atoms with van der Waals surface area (Å²) < 4.78 is 2.27. The van der Waals surface area contributed by atoms with Gasteiger partial charge in [-0.15, -0.1) is 0 Å². The minimum absolute atomic E-state index is 0.0649. The molecule has 3 rings (SSSR count). The standard InChI is InChI=1S/C15H12Cl2N4O3S/c1-20-12-11(13(23)21(2)15(20)24)18-14(19-12)25-6-10(22)8-4-3-7(16)5-9(8)17/h3-5H,6H2,1-2H3,(H,18,19). The number of aromatic nitrogens is 4. The average Bonchev–Trinajstić information content (AvgIpc) is 3.00. The van der Waals surface area contributed by atoms with Crippen molar-refractivity contribution in [1.82, 2.24) is 19.1 Å². The number of ketones is 1. The van der Waals surface area contributed by atoms with Crippen molar-refractivity contribution >= 4 is 51.9 Å². The van der Waals surface area contributed by atoms with Gasteiger partial charge in [0.2, 0.25) is 0 Å². The van der Waals surface area contributed by atoms with E-state index < -0.39 is 11.2 Å². The zero-order chi connectivity index (χ0) is 18.3. The number of benzene rings is 1. The number of H-pyrrole nitrogens is 1. The van der Waals surface area contributed by atoms with E-state index in [-0.39, 0.29) is 27.7 Å². The number of hydrogen-bond acceptors (Lipinski definition) is 5. The zero-order valence-corrected chi connectivity index (χ0v) is 15.5. The molecule has 0 fully saturated rings. The maximum Gasteiger partial charge on any atom is 0.332 e. The first-order chi connectivity index (χ1) is 11.8. The lowest BCUT2D eigenvalue weighted by Crippen LogP contribution is -2.36. The molecule has 0 amide bonds. The lowest BCUT2D eigenvalue weighted by atomic mass is 10.1. The van der Waals surface area contributed by atoms with Crippen LogP contribution < -0.4 is 11.2 Å². The summed E-state index contributed by atoms with van der Waals surface area (Å²) in [6.45, 7) is 0. The lowest BCUT2D eigenvalue weighted by Gasteiger charge is -2.02. The van der Waals surface area contributed by atoms with Crippen molar-refractivity contribution < 1.29 is 4.79 Å². The van der Waals surface area contributed by atoms with Crippen LogP contribution in [-0.2, 0) is 14.1 Å². The van der Waals surface area contributed by atoms with Crippen molar-refractivity contribution in [2.45, 2.75) is 5.16 Å². The number of nitrogens with one attached hydrogen (secondary N) is 1. The molecule has 1 aromatic carbocycles. The average molecular weight is 399 g/mol. The van der Waals surface area contributed by atoms with E-state index in [0.717, 1.165) is 16.3 Å². The fourth-order valence-corrected chi connectivity index (χ4v) is 3.56. The summed E-state index contributed by atoms with van der Waals surface area (Å²) in [5, 5.41) is 1.09. The first kappa shape index (κ1) is 17.8. The second-order valence-electron chi connectivity index (χ2n) is 5.28. The van der Waals surface area contributed by atoms with Crippen LogP contribution in [0.15, 0.2) is 32.9 Å². The zero-order valence-electron chi connectivity index (χ0n) is 13.2. The fraction of sp³-hybridized carbons (Fsp3) is 0.200. The van der Waals surface area contributed by atoms with Crippen LogP contribution in [-0.4, -0.2) is 30.6 Å². The second kappa shape index (κ2) is 6.70. The van der Waals surface area contributed by atoms with Crippen molar-refractivity contribution in [1.29, 1.82) is 0 Å². The molecule has 0 aliphatic rings. The molecular weight excluding hydrogens is 387 g/mol. The molecule has 10 heteroatoms. The van der Waals surface area contributed by atoms with Crippen LogP contribution in [0.2, 0.25) is 10.0 Å². The Morgan fingerprint density at radius 3 is 2.64 bits per heavy atom. The van der Waals surface area contributed by atoms with Gasteiger partial charge in [0.05, 0.1) is 10.8 Å². The molecule has 2 aromatic heterocycles. The van der Waals surface area contributed by atoms with Crippen molar-refractivity contribution in [3.05, 3.63) is 54.6 Å². The van der Waals surface area contributed by atoms with Gasteiger partial charge in [-0.05, 0) is 18.2 Å². The summed E-state index contributed by atoms with van der Waals surface area (Å²) in [4.78, 5) is 43.4.